The third kappa shape index (κ3) is 6.88. The number of nitrogens with one attached hydrogen (secondary N) is 2. The number of aromatic nitrogens is 1. The molecular formula is C23H29ClF3N5O3. The van der Waals surface area contributed by atoms with Crippen molar-refractivity contribution in [3.63, 3.8) is 0 Å². The van der Waals surface area contributed by atoms with Gasteiger partial charge in [0.25, 0.3) is 0 Å². The fraction of sp³-hybridized carbons (Fsp3) is 0.522. The highest BCUT2D eigenvalue weighted by Gasteiger charge is 2.35. The molecule has 35 heavy (non-hydrogen) atoms. The van der Waals surface area contributed by atoms with E-state index in [1.165, 1.54) is 34.9 Å². The van der Waals surface area contributed by atoms with Crippen molar-refractivity contribution in [2.24, 2.45) is 0 Å². The van der Waals surface area contributed by atoms with Gasteiger partial charge in [-0.05, 0) is 44.5 Å². The topological polar surface area (TPSA) is 97.8 Å². The average Bonchev–Trinajstić information content (AvgIpc) is 2.76. The van der Waals surface area contributed by atoms with E-state index in [9.17, 15) is 27.9 Å². The van der Waals surface area contributed by atoms with E-state index in [1.807, 2.05) is 0 Å². The number of carbonyl (C=O) groups excluding carboxylic acids is 2. The zero-order valence-electron chi connectivity index (χ0n) is 19.7. The molecule has 3 N–H and O–H groups in total. The predicted molar refractivity (Wildman–Crippen MR) is 127 cm³/mol. The van der Waals surface area contributed by atoms with Crippen LogP contribution in [0.1, 0.15) is 32.9 Å². The van der Waals surface area contributed by atoms with Crippen LogP contribution in [-0.4, -0.2) is 76.2 Å². The Balaban J connectivity index is 1.88. The number of hydrogen-bond acceptors (Lipinski definition) is 5. The predicted octanol–water partition coefficient (Wildman–Crippen LogP) is 3.72. The minimum Gasteiger partial charge on any atom is -0.392 e. The molecular weight excluding hydrogens is 487 g/mol. The number of anilines is 1. The van der Waals surface area contributed by atoms with Crippen LogP contribution in [-0.2, 0) is 11.0 Å². The van der Waals surface area contributed by atoms with Crippen molar-refractivity contribution in [3.05, 3.63) is 35.0 Å². The van der Waals surface area contributed by atoms with E-state index in [-0.39, 0.29) is 42.8 Å². The van der Waals surface area contributed by atoms with Crippen molar-refractivity contribution in [1.82, 2.24) is 20.1 Å². The largest absolute Gasteiger partial charge is 0.433 e. The number of benzene rings is 1. The van der Waals surface area contributed by atoms with E-state index in [0.717, 1.165) is 6.07 Å². The molecule has 0 radical (unpaired) electrons. The maximum Gasteiger partial charge on any atom is 0.433 e. The minimum atomic E-state index is -4.65. The molecule has 3 amide bonds. The number of fused-ring (bicyclic) bond motifs is 1. The molecule has 2 heterocycles. The number of carbonyl (C=O) groups is 2. The molecule has 192 valence electrons. The smallest absolute Gasteiger partial charge is 0.392 e. The van der Waals surface area contributed by atoms with Crippen LogP contribution in [0.2, 0.25) is 5.02 Å². The third-order valence-corrected chi connectivity index (χ3v) is 6.03. The van der Waals surface area contributed by atoms with Crippen LogP contribution in [0.25, 0.3) is 10.9 Å². The van der Waals surface area contributed by atoms with Gasteiger partial charge in [0.15, 0.2) is 0 Å². The first kappa shape index (κ1) is 26.8. The summed E-state index contributed by atoms with van der Waals surface area (Å²) in [6.45, 7) is 5.81. The number of pyridine rings is 1. The van der Waals surface area contributed by atoms with Crippen molar-refractivity contribution >= 4 is 40.1 Å². The lowest BCUT2D eigenvalue weighted by Crippen LogP contribution is -2.57. The van der Waals surface area contributed by atoms with Gasteiger partial charge in [-0.25, -0.2) is 9.78 Å². The first-order chi connectivity index (χ1) is 16.4. The molecule has 1 aromatic heterocycles. The zero-order chi connectivity index (χ0) is 25.9. The van der Waals surface area contributed by atoms with Crippen LogP contribution in [0.4, 0.5) is 23.7 Å². The second-order valence-corrected chi connectivity index (χ2v) is 9.19. The van der Waals surface area contributed by atoms with E-state index >= 15 is 0 Å². The number of rotatable bonds is 6. The Hall–Kier alpha value is -2.79. The van der Waals surface area contributed by atoms with Crippen molar-refractivity contribution in [3.8, 4) is 0 Å². The van der Waals surface area contributed by atoms with Crippen molar-refractivity contribution < 1.29 is 27.9 Å². The number of aliphatic hydroxyl groups excluding tert-OH is 1. The van der Waals surface area contributed by atoms with E-state index in [2.05, 4.69) is 15.6 Å². The van der Waals surface area contributed by atoms with Gasteiger partial charge in [-0.3, -0.25) is 4.79 Å². The molecule has 0 aliphatic carbocycles. The molecule has 3 rings (SSSR count). The van der Waals surface area contributed by atoms with Gasteiger partial charge in [-0.1, -0.05) is 11.6 Å². The molecule has 2 aromatic rings. The van der Waals surface area contributed by atoms with E-state index in [4.69, 9.17) is 11.6 Å². The molecule has 0 spiro atoms. The molecule has 1 aliphatic rings. The Kier molecular flexibility index (Phi) is 8.32. The Morgan fingerprint density at radius 3 is 2.57 bits per heavy atom. The van der Waals surface area contributed by atoms with Gasteiger partial charge >= 0.3 is 12.2 Å². The summed E-state index contributed by atoms with van der Waals surface area (Å²) in [5, 5.41) is 16.4. The number of urea groups is 1. The summed E-state index contributed by atoms with van der Waals surface area (Å²) < 4.78 is 40.5. The third-order valence-electron chi connectivity index (χ3n) is 5.80. The van der Waals surface area contributed by atoms with Gasteiger partial charge in [-0.15, -0.1) is 0 Å². The fourth-order valence-corrected chi connectivity index (χ4v) is 4.36. The first-order valence-electron chi connectivity index (χ1n) is 11.3. The number of alkyl halides is 3. The van der Waals surface area contributed by atoms with Crippen LogP contribution in [0.3, 0.4) is 0 Å². The summed E-state index contributed by atoms with van der Waals surface area (Å²) in [7, 11) is 0. The quantitative estimate of drug-likeness (QED) is 0.545. The van der Waals surface area contributed by atoms with Crippen LogP contribution in [0.15, 0.2) is 24.3 Å². The van der Waals surface area contributed by atoms with Gasteiger partial charge < -0.3 is 25.5 Å². The molecule has 1 aliphatic heterocycles. The highest BCUT2D eigenvalue weighted by molar-refractivity contribution is 6.31. The van der Waals surface area contributed by atoms with Crippen LogP contribution < -0.4 is 10.6 Å². The summed E-state index contributed by atoms with van der Waals surface area (Å²) in [5.74, 6) is -0.217. The van der Waals surface area contributed by atoms with Gasteiger partial charge in [-0.2, -0.15) is 13.2 Å². The molecule has 0 saturated carbocycles. The summed E-state index contributed by atoms with van der Waals surface area (Å²) >= 11 is 6.09. The summed E-state index contributed by atoms with van der Waals surface area (Å²) in [6, 6.07) is 4.08. The molecule has 1 fully saturated rings. The lowest BCUT2D eigenvalue weighted by Gasteiger charge is -2.39. The normalized spacial score (nSPS) is 19.4. The number of nitrogens with zero attached hydrogens (tertiary/aromatic N) is 3. The highest BCUT2D eigenvalue weighted by atomic mass is 35.5. The number of piperidine rings is 1. The number of aliphatic hydroxyl groups is 1. The number of likely N-dealkylation sites (N-methyl/N-ethyl adjacent to an activating group) is 1. The molecule has 0 unspecified atom stereocenters. The Labute approximate surface area is 206 Å². The molecule has 0 bridgehead atoms. The molecule has 1 aromatic carbocycles. The molecule has 3 atom stereocenters. The number of amides is 3. The maximum absolute atomic E-state index is 13.5. The lowest BCUT2D eigenvalue weighted by molar-refractivity contribution is -0.140. The Bertz CT molecular complexity index is 1080. The monoisotopic (exact) mass is 515 g/mol. The van der Waals surface area contributed by atoms with E-state index in [1.54, 1.807) is 13.8 Å². The SMILES string of the molecule is CCN(C[C@H](C)O)C(=O)N[C@H]1C[C@@H](Nc2cc(C(F)(F)F)nc3ccc(Cl)cc23)CN(C(C)=O)C1. The number of likely N-dealkylation sites (tertiary alicyclic amines) is 1. The fourth-order valence-electron chi connectivity index (χ4n) is 4.19. The second kappa shape index (κ2) is 10.9. The van der Waals surface area contributed by atoms with E-state index < -0.39 is 30.1 Å². The highest BCUT2D eigenvalue weighted by Crippen LogP contribution is 2.34. The Morgan fingerprint density at radius 2 is 1.97 bits per heavy atom. The van der Waals surface area contributed by atoms with E-state index in [0.29, 0.717) is 23.4 Å². The van der Waals surface area contributed by atoms with Crippen molar-refractivity contribution in [2.75, 3.05) is 31.5 Å². The first-order valence-corrected chi connectivity index (χ1v) is 11.7. The minimum absolute atomic E-state index is 0.132. The molecule has 12 heteroatoms. The van der Waals surface area contributed by atoms with Crippen molar-refractivity contribution in [2.45, 2.75) is 51.6 Å². The second-order valence-electron chi connectivity index (χ2n) is 8.75. The maximum atomic E-state index is 13.5. The number of hydrogen-bond donors (Lipinski definition) is 3. The van der Waals surface area contributed by atoms with Crippen LogP contribution in [0, 0.1) is 0 Å². The van der Waals surface area contributed by atoms with Gasteiger partial charge in [0, 0.05) is 55.2 Å². The van der Waals surface area contributed by atoms with Gasteiger partial charge in [0.1, 0.15) is 5.69 Å². The molecule has 8 nitrogen and oxygen atoms in total. The Morgan fingerprint density at radius 1 is 1.29 bits per heavy atom. The van der Waals surface area contributed by atoms with Gasteiger partial charge in [0.05, 0.1) is 17.7 Å². The zero-order valence-corrected chi connectivity index (χ0v) is 20.5. The van der Waals surface area contributed by atoms with Crippen LogP contribution >= 0.6 is 11.6 Å². The summed E-state index contributed by atoms with van der Waals surface area (Å²) in [5.41, 5.74) is -0.724. The van der Waals surface area contributed by atoms with Crippen molar-refractivity contribution in [1.29, 1.82) is 0 Å². The summed E-state index contributed by atoms with van der Waals surface area (Å²) in [6.07, 6.45) is -4.98. The number of halogens is 4. The lowest BCUT2D eigenvalue weighted by atomic mass is 9.99. The summed E-state index contributed by atoms with van der Waals surface area (Å²) in [4.78, 5) is 31.6. The standard InChI is InChI=1S/C23H29ClF3N5O3/c1-4-31(10-13(2)33)22(35)29-17-8-16(11-32(12-17)14(3)34)28-20-9-21(23(25,26)27)30-19-6-5-15(24)7-18(19)20/h5-7,9,13,16-17,33H,4,8,10-12H2,1-3H3,(H,28,30)(H,29,35)/t13-,16+,17-/m0/s1. The van der Waals surface area contributed by atoms with Crippen LogP contribution in [0.5, 0.6) is 0 Å². The molecule has 1 saturated heterocycles. The van der Waals surface area contributed by atoms with Gasteiger partial charge in [0.2, 0.25) is 5.91 Å². The average molecular weight is 516 g/mol.